The highest BCUT2D eigenvalue weighted by Gasteiger charge is 2.26. The smallest absolute Gasteiger partial charge is 0.184 e. The van der Waals surface area contributed by atoms with E-state index < -0.39 is 9.84 Å². The van der Waals surface area contributed by atoms with Crippen molar-refractivity contribution in [2.75, 3.05) is 29.5 Å². The third-order valence-corrected chi connectivity index (χ3v) is 7.01. The normalized spacial score (nSPS) is 15.8. The highest BCUT2D eigenvalue weighted by Crippen LogP contribution is 2.37. The average Bonchev–Trinajstić information content (AvgIpc) is 3.24. The summed E-state index contributed by atoms with van der Waals surface area (Å²) < 4.78 is 36.9. The van der Waals surface area contributed by atoms with Crippen molar-refractivity contribution in [1.29, 1.82) is 0 Å². The molecule has 0 atom stereocenters. The van der Waals surface area contributed by atoms with Gasteiger partial charge in [0, 0.05) is 31.1 Å². The van der Waals surface area contributed by atoms with Gasteiger partial charge >= 0.3 is 0 Å². The van der Waals surface area contributed by atoms with Gasteiger partial charge in [-0.15, -0.1) is 10.2 Å². The van der Waals surface area contributed by atoms with E-state index in [1.165, 1.54) is 12.1 Å². The van der Waals surface area contributed by atoms with Crippen LogP contribution in [-0.2, 0) is 16.3 Å². The van der Waals surface area contributed by atoms with Crippen molar-refractivity contribution < 1.29 is 17.9 Å². The number of halogens is 1. The van der Waals surface area contributed by atoms with Crippen molar-refractivity contribution in [2.45, 2.75) is 6.42 Å². The molecule has 9 nitrogen and oxygen atoms in total. The van der Waals surface area contributed by atoms with Gasteiger partial charge in [-0.3, -0.25) is 4.98 Å². The maximum Gasteiger partial charge on any atom is 0.184 e. The quantitative estimate of drug-likeness (QED) is 0.480. The molecule has 0 spiro atoms. The van der Waals surface area contributed by atoms with Gasteiger partial charge in [0.15, 0.2) is 27.1 Å². The number of fused-ring (bicyclic) bond motifs is 1. The van der Waals surface area contributed by atoms with E-state index in [4.69, 9.17) is 0 Å². The van der Waals surface area contributed by atoms with Gasteiger partial charge in [0.1, 0.15) is 23.0 Å². The predicted molar refractivity (Wildman–Crippen MR) is 117 cm³/mol. The Morgan fingerprint density at radius 2 is 1.84 bits per heavy atom. The third-order valence-electron chi connectivity index (χ3n) is 5.40. The number of aromatic amines is 1. The summed E-state index contributed by atoms with van der Waals surface area (Å²) >= 11 is 0. The molecule has 1 aliphatic rings. The van der Waals surface area contributed by atoms with Crippen molar-refractivity contribution in [1.82, 2.24) is 25.1 Å². The van der Waals surface area contributed by atoms with Gasteiger partial charge in [-0.05, 0) is 29.8 Å². The first-order chi connectivity index (χ1) is 15.4. The number of hydrogen-bond donors (Lipinski definition) is 2. The first-order valence-electron chi connectivity index (χ1n) is 9.99. The van der Waals surface area contributed by atoms with E-state index >= 15 is 0 Å². The van der Waals surface area contributed by atoms with Crippen molar-refractivity contribution >= 4 is 26.6 Å². The lowest BCUT2D eigenvalue weighted by molar-refractivity contribution is 0.479. The molecular formula is C21H19FN6O3S. The van der Waals surface area contributed by atoms with Crippen LogP contribution in [0.1, 0.15) is 11.4 Å². The predicted octanol–water partition coefficient (Wildman–Crippen LogP) is 2.09. The molecule has 0 unspecified atom stereocenters. The van der Waals surface area contributed by atoms with Crippen LogP contribution in [0.2, 0.25) is 0 Å². The summed E-state index contributed by atoms with van der Waals surface area (Å²) in [6.07, 6.45) is 1.97. The number of anilines is 1. The molecule has 0 bridgehead atoms. The van der Waals surface area contributed by atoms with Crippen LogP contribution in [-0.4, -0.2) is 63.3 Å². The average molecular weight is 454 g/mol. The van der Waals surface area contributed by atoms with Crippen molar-refractivity contribution in [3.63, 3.8) is 0 Å². The van der Waals surface area contributed by atoms with Crippen LogP contribution in [0.3, 0.4) is 0 Å². The van der Waals surface area contributed by atoms with Gasteiger partial charge in [-0.1, -0.05) is 12.1 Å². The Balaban J connectivity index is 1.54. The molecule has 4 aromatic rings. The lowest BCUT2D eigenvalue weighted by Gasteiger charge is -2.29. The molecule has 0 amide bonds. The number of pyridine rings is 2. The van der Waals surface area contributed by atoms with Crippen molar-refractivity contribution in [3.8, 4) is 17.3 Å². The zero-order valence-electron chi connectivity index (χ0n) is 16.9. The number of nitrogens with one attached hydrogen (secondary N) is 1. The number of hydrogen-bond acceptors (Lipinski definition) is 8. The molecular weight excluding hydrogens is 435 g/mol. The fraction of sp³-hybridized carbons (Fsp3) is 0.238. The van der Waals surface area contributed by atoms with Gasteiger partial charge in [0.25, 0.3) is 0 Å². The maximum atomic E-state index is 13.1. The standard InChI is InChI=1S/C21H19FN6O3S/c22-14-5-3-13(4-6-14)12-16-24-20(27-26-16)18-19(29)17-15(2-1-7-23-17)21(25-18)28-8-10-32(30,31)11-9-28/h1-7,29H,8-12H2,(H,24,26,27). The fourth-order valence-corrected chi connectivity index (χ4v) is 4.92. The van der Waals surface area contributed by atoms with Gasteiger partial charge in [0.05, 0.1) is 11.5 Å². The molecule has 32 heavy (non-hydrogen) atoms. The zero-order valence-corrected chi connectivity index (χ0v) is 17.7. The molecule has 5 rings (SSSR count). The number of sulfone groups is 1. The Hall–Kier alpha value is -3.60. The Bertz CT molecular complexity index is 1390. The first kappa shape index (κ1) is 20.3. The molecule has 11 heteroatoms. The molecule has 2 N–H and O–H groups in total. The largest absolute Gasteiger partial charge is 0.504 e. The van der Waals surface area contributed by atoms with Crippen LogP contribution in [0.4, 0.5) is 10.2 Å². The maximum absolute atomic E-state index is 13.1. The van der Waals surface area contributed by atoms with E-state index in [-0.39, 0.29) is 34.6 Å². The van der Waals surface area contributed by atoms with Crippen LogP contribution in [0, 0.1) is 5.82 Å². The molecule has 4 heterocycles. The number of nitrogens with zero attached hydrogens (tertiary/aromatic N) is 5. The van der Waals surface area contributed by atoms with Gasteiger partial charge in [0.2, 0.25) is 0 Å². The summed E-state index contributed by atoms with van der Waals surface area (Å²) in [5.41, 5.74) is 1.37. The summed E-state index contributed by atoms with van der Waals surface area (Å²) in [4.78, 5) is 13.9. The first-order valence-corrected chi connectivity index (χ1v) is 11.8. The summed E-state index contributed by atoms with van der Waals surface area (Å²) in [7, 11) is -3.06. The monoisotopic (exact) mass is 454 g/mol. The minimum atomic E-state index is -3.06. The van der Waals surface area contributed by atoms with Gasteiger partial charge in [-0.25, -0.2) is 17.8 Å². The Morgan fingerprint density at radius 1 is 1.09 bits per heavy atom. The number of aromatic hydroxyl groups is 1. The van der Waals surface area contributed by atoms with Gasteiger partial charge < -0.3 is 15.0 Å². The summed E-state index contributed by atoms with van der Waals surface area (Å²) in [5.74, 6) is 0.944. The number of benzene rings is 1. The molecule has 0 aliphatic carbocycles. The third kappa shape index (κ3) is 3.86. The Morgan fingerprint density at radius 3 is 2.59 bits per heavy atom. The molecule has 1 saturated heterocycles. The number of rotatable bonds is 4. The second kappa shape index (κ2) is 7.83. The molecule has 3 aromatic heterocycles. The molecule has 0 saturated carbocycles. The van der Waals surface area contributed by atoms with E-state index in [1.54, 1.807) is 30.5 Å². The molecule has 1 aliphatic heterocycles. The van der Waals surface area contributed by atoms with E-state index in [9.17, 15) is 17.9 Å². The molecule has 1 fully saturated rings. The van der Waals surface area contributed by atoms with E-state index in [0.717, 1.165) is 5.56 Å². The zero-order chi connectivity index (χ0) is 22.3. The molecule has 1 aromatic carbocycles. The van der Waals surface area contributed by atoms with Crippen LogP contribution < -0.4 is 4.90 Å². The summed E-state index contributed by atoms with van der Waals surface area (Å²) in [5, 5.41) is 19.8. The fourth-order valence-electron chi connectivity index (χ4n) is 3.71. The Kier molecular flexibility index (Phi) is 4.97. The number of aromatic nitrogens is 5. The summed E-state index contributed by atoms with van der Waals surface area (Å²) in [6.45, 7) is 0.603. The van der Waals surface area contributed by atoms with Crippen molar-refractivity contribution in [2.24, 2.45) is 0 Å². The Labute approximate surface area is 182 Å². The number of H-pyrrole nitrogens is 1. The van der Waals surface area contributed by atoms with E-state index in [2.05, 4.69) is 25.1 Å². The van der Waals surface area contributed by atoms with Crippen LogP contribution >= 0.6 is 0 Å². The second-order valence-corrected chi connectivity index (χ2v) is 9.90. The minimum Gasteiger partial charge on any atom is -0.504 e. The van der Waals surface area contributed by atoms with E-state index in [1.807, 2.05) is 4.90 Å². The van der Waals surface area contributed by atoms with Crippen LogP contribution in [0.15, 0.2) is 42.6 Å². The van der Waals surface area contributed by atoms with Gasteiger partial charge in [-0.2, -0.15) is 0 Å². The lowest BCUT2D eigenvalue weighted by atomic mass is 10.1. The van der Waals surface area contributed by atoms with Crippen molar-refractivity contribution in [3.05, 3.63) is 59.8 Å². The molecule has 164 valence electrons. The van der Waals surface area contributed by atoms with E-state index in [0.29, 0.717) is 42.1 Å². The van der Waals surface area contributed by atoms with Crippen LogP contribution in [0.25, 0.3) is 22.4 Å². The lowest BCUT2D eigenvalue weighted by Crippen LogP contribution is -2.40. The SMILES string of the molecule is O=S1(=O)CCN(c2nc(-c3nnc(Cc4ccc(F)cc4)[nH]3)c(O)c3ncccc23)CC1. The minimum absolute atomic E-state index is 0.0385. The highest BCUT2D eigenvalue weighted by molar-refractivity contribution is 7.91. The molecule has 0 radical (unpaired) electrons. The highest BCUT2D eigenvalue weighted by atomic mass is 32.2. The topological polar surface area (TPSA) is 125 Å². The second-order valence-electron chi connectivity index (χ2n) is 7.59. The summed E-state index contributed by atoms with van der Waals surface area (Å²) in [6, 6.07) is 9.60. The van der Waals surface area contributed by atoms with Crippen LogP contribution in [0.5, 0.6) is 5.75 Å².